The Bertz CT molecular complexity index is 855. The second-order valence-corrected chi connectivity index (χ2v) is 7.32. The lowest BCUT2D eigenvalue weighted by molar-refractivity contribution is -0.140. The first-order valence-electron chi connectivity index (χ1n) is 8.51. The summed E-state index contributed by atoms with van der Waals surface area (Å²) in [4.78, 5) is 26.3. The van der Waals surface area contributed by atoms with Gasteiger partial charge in [-0.1, -0.05) is 0 Å². The Kier molecular flexibility index (Phi) is 5.87. The lowest BCUT2D eigenvalue weighted by Gasteiger charge is -2.32. The van der Waals surface area contributed by atoms with Gasteiger partial charge in [-0.25, -0.2) is 9.18 Å². The van der Waals surface area contributed by atoms with Crippen LogP contribution in [0.2, 0.25) is 0 Å². The monoisotopic (exact) mass is 415 g/mol. The number of nitrogens with zero attached hydrogens (tertiary/aromatic N) is 1. The quantitative estimate of drug-likeness (QED) is 0.709. The SMILES string of the molecule is O=C(Nc1ccc(F)c(C(F)(F)F)c1)C1CCCN(C(=O)Nc2cccs2)C1. The number of nitrogens with one attached hydrogen (secondary N) is 2. The van der Waals surface area contributed by atoms with Crippen LogP contribution in [0.3, 0.4) is 0 Å². The normalized spacial score (nSPS) is 17.3. The molecule has 5 nitrogen and oxygen atoms in total. The van der Waals surface area contributed by atoms with Crippen LogP contribution in [0.1, 0.15) is 18.4 Å². The van der Waals surface area contributed by atoms with Gasteiger partial charge in [0.1, 0.15) is 5.82 Å². The first-order valence-corrected chi connectivity index (χ1v) is 9.39. The molecule has 1 atom stereocenters. The average Bonchev–Trinajstić information content (AvgIpc) is 3.15. The zero-order valence-electron chi connectivity index (χ0n) is 14.6. The van der Waals surface area contributed by atoms with Gasteiger partial charge in [0.25, 0.3) is 0 Å². The summed E-state index contributed by atoms with van der Waals surface area (Å²) < 4.78 is 51.8. The number of hydrogen-bond donors (Lipinski definition) is 2. The predicted molar refractivity (Wildman–Crippen MR) is 97.7 cm³/mol. The minimum absolute atomic E-state index is 0.140. The maximum atomic E-state index is 13.4. The molecule has 1 unspecified atom stereocenters. The van der Waals surface area contributed by atoms with Crippen molar-refractivity contribution in [3.63, 3.8) is 0 Å². The van der Waals surface area contributed by atoms with E-state index in [0.717, 1.165) is 6.07 Å². The van der Waals surface area contributed by atoms with Gasteiger partial charge in [0.15, 0.2) is 0 Å². The van der Waals surface area contributed by atoms with Crippen LogP contribution in [0.4, 0.5) is 33.0 Å². The summed E-state index contributed by atoms with van der Waals surface area (Å²) in [6, 6.07) is 5.53. The van der Waals surface area contributed by atoms with Gasteiger partial charge in [0.2, 0.25) is 5.91 Å². The summed E-state index contributed by atoms with van der Waals surface area (Å²) in [6.07, 6.45) is -3.76. The number of rotatable bonds is 3. The smallest absolute Gasteiger partial charge is 0.326 e. The highest BCUT2D eigenvalue weighted by Gasteiger charge is 2.35. The molecule has 2 aromatic rings. The van der Waals surface area contributed by atoms with Gasteiger partial charge >= 0.3 is 12.2 Å². The Labute approximate surface area is 162 Å². The number of urea groups is 1. The van der Waals surface area contributed by atoms with E-state index in [9.17, 15) is 27.2 Å². The molecule has 0 aliphatic carbocycles. The third-order valence-electron chi connectivity index (χ3n) is 4.37. The van der Waals surface area contributed by atoms with Crippen molar-refractivity contribution in [2.75, 3.05) is 23.7 Å². The van der Waals surface area contributed by atoms with E-state index >= 15 is 0 Å². The fraction of sp³-hybridized carbons (Fsp3) is 0.333. The molecule has 1 fully saturated rings. The van der Waals surface area contributed by atoms with E-state index < -0.39 is 29.4 Å². The predicted octanol–water partition coefficient (Wildman–Crippen LogP) is 4.79. The minimum atomic E-state index is -4.85. The van der Waals surface area contributed by atoms with Crippen LogP contribution in [-0.2, 0) is 11.0 Å². The van der Waals surface area contributed by atoms with Crippen LogP contribution in [0.25, 0.3) is 0 Å². The van der Waals surface area contributed by atoms with Crippen LogP contribution in [-0.4, -0.2) is 29.9 Å². The number of carbonyl (C=O) groups is 2. The maximum absolute atomic E-state index is 13.4. The van der Waals surface area contributed by atoms with Crippen LogP contribution in [0.15, 0.2) is 35.7 Å². The zero-order valence-corrected chi connectivity index (χ0v) is 15.4. The van der Waals surface area contributed by atoms with E-state index in [0.29, 0.717) is 36.5 Å². The summed E-state index contributed by atoms with van der Waals surface area (Å²) in [5.74, 6) is -2.48. The number of carbonyl (C=O) groups excluding carboxylic acids is 2. The number of anilines is 2. The van der Waals surface area contributed by atoms with Gasteiger partial charge < -0.3 is 10.2 Å². The van der Waals surface area contributed by atoms with E-state index in [4.69, 9.17) is 0 Å². The van der Waals surface area contributed by atoms with Crippen molar-refractivity contribution < 1.29 is 27.2 Å². The van der Waals surface area contributed by atoms with E-state index in [1.807, 2.05) is 5.38 Å². The molecule has 2 N–H and O–H groups in total. The molecular weight excluding hydrogens is 398 g/mol. The summed E-state index contributed by atoms with van der Waals surface area (Å²) in [5.41, 5.74) is -1.58. The van der Waals surface area contributed by atoms with Crippen molar-refractivity contribution in [1.82, 2.24) is 4.90 Å². The summed E-state index contributed by atoms with van der Waals surface area (Å²) in [7, 11) is 0. The number of hydrogen-bond acceptors (Lipinski definition) is 3. The van der Waals surface area contributed by atoms with E-state index in [2.05, 4.69) is 10.6 Å². The molecule has 1 aromatic heterocycles. The van der Waals surface area contributed by atoms with E-state index in [-0.39, 0.29) is 18.3 Å². The van der Waals surface area contributed by atoms with E-state index in [1.165, 1.54) is 16.2 Å². The number of thiophene rings is 1. The van der Waals surface area contributed by atoms with Crippen molar-refractivity contribution in [3.05, 3.63) is 47.1 Å². The first-order chi connectivity index (χ1) is 13.2. The molecule has 1 saturated heterocycles. The molecule has 1 aliphatic heterocycles. The lowest BCUT2D eigenvalue weighted by Crippen LogP contribution is -2.45. The zero-order chi connectivity index (χ0) is 20.3. The van der Waals surface area contributed by atoms with Crippen LogP contribution < -0.4 is 10.6 Å². The number of halogens is 4. The Balaban J connectivity index is 1.63. The molecule has 2 heterocycles. The van der Waals surface area contributed by atoms with Crippen molar-refractivity contribution in [2.24, 2.45) is 5.92 Å². The molecule has 28 heavy (non-hydrogen) atoms. The molecule has 1 aromatic carbocycles. The fourth-order valence-corrected chi connectivity index (χ4v) is 3.58. The van der Waals surface area contributed by atoms with Gasteiger partial charge in [0, 0.05) is 18.8 Å². The number of likely N-dealkylation sites (tertiary alicyclic amines) is 1. The standard InChI is InChI=1S/C18H17F4N3O2S/c19-14-6-5-12(9-13(14)18(20,21)22)23-16(26)11-3-1-7-25(10-11)17(27)24-15-4-2-8-28-15/h2,4-6,8-9,11H,1,3,7,10H2,(H,23,26)(H,24,27). The van der Waals surface area contributed by atoms with Crippen molar-refractivity contribution in [3.8, 4) is 0 Å². The number of alkyl halides is 3. The second kappa shape index (κ2) is 8.17. The van der Waals surface area contributed by atoms with Crippen molar-refractivity contribution in [2.45, 2.75) is 19.0 Å². The number of benzene rings is 1. The molecule has 3 amide bonds. The highest BCUT2D eigenvalue weighted by molar-refractivity contribution is 7.14. The molecule has 0 saturated carbocycles. The highest BCUT2D eigenvalue weighted by atomic mass is 32.1. The Hall–Kier alpha value is -2.62. The molecule has 0 radical (unpaired) electrons. The van der Waals surface area contributed by atoms with Crippen molar-refractivity contribution >= 4 is 34.0 Å². The highest BCUT2D eigenvalue weighted by Crippen LogP contribution is 2.33. The van der Waals surface area contributed by atoms with Crippen LogP contribution in [0.5, 0.6) is 0 Å². The minimum Gasteiger partial charge on any atom is -0.326 e. The molecular formula is C18H17F4N3O2S. The topological polar surface area (TPSA) is 61.4 Å². The third kappa shape index (κ3) is 4.80. The molecule has 3 rings (SSSR count). The Morgan fingerprint density at radius 2 is 1.96 bits per heavy atom. The van der Waals surface area contributed by atoms with Gasteiger partial charge in [-0.3, -0.25) is 10.1 Å². The molecule has 1 aliphatic rings. The lowest BCUT2D eigenvalue weighted by atomic mass is 9.97. The summed E-state index contributed by atoms with van der Waals surface area (Å²) in [6.45, 7) is 0.631. The number of piperidine rings is 1. The molecule has 0 bridgehead atoms. The first kappa shape index (κ1) is 20.1. The Morgan fingerprint density at radius 1 is 1.18 bits per heavy atom. The van der Waals surface area contributed by atoms with E-state index in [1.54, 1.807) is 12.1 Å². The summed E-state index contributed by atoms with van der Waals surface area (Å²) in [5, 5.41) is 7.64. The Morgan fingerprint density at radius 3 is 2.64 bits per heavy atom. The van der Waals surface area contributed by atoms with Gasteiger partial charge in [0.05, 0.1) is 16.5 Å². The second-order valence-electron chi connectivity index (χ2n) is 6.37. The van der Waals surface area contributed by atoms with Crippen LogP contribution in [0, 0.1) is 11.7 Å². The van der Waals surface area contributed by atoms with Crippen molar-refractivity contribution in [1.29, 1.82) is 0 Å². The summed E-state index contributed by atoms with van der Waals surface area (Å²) >= 11 is 1.37. The number of amides is 3. The average molecular weight is 415 g/mol. The molecule has 150 valence electrons. The van der Waals surface area contributed by atoms with Gasteiger partial charge in [-0.2, -0.15) is 13.2 Å². The largest absolute Gasteiger partial charge is 0.419 e. The van der Waals surface area contributed by atoms with Gasteiger partial charge in [-0.15, -0.1) is 11.3 Å². The van der Waals surface area contributed by atoms with Gasteiger partial charge in [-0.05, 0) is 48.6 Å². The molecule has 10 heteroatoms. The third-order valence-corrected chi connectivity index (χ3v) is 5.16. The fourth-order valence-electron chi connectivity index (χ4n) is 2.97. The van der Waals surface area contributed by atoms with Crippen LogP contribution >= 0.6 is 11.3 Å². The maximum Gasteiger partial charge on any atom is 0.419 e. The molecule has 0 spiro atoms.